The third kappa shape index (κ3) is 14.4. The second kappa shape index (κ2) is 24.4. The molecule has 6 aromatic rings. The third-order valence-corrected chi connectivity index (χ3v) is 9.81. The van der Waals surface area contributed by atoms with Crippen molar-refractivity contribution in [1.82, 2.24) is 40.2 Å². The molecule has 0 bridgehead atoms. The highest BCUT2D eigenvalue weighted by Gasteiger charge is 2.23. The van der Waals surface area contributed by atoms with Crippen LogP contribution in [0.25, 0.3) is 22.5 Å². The number of Topliss-reactive ketones (excluding diaryl/α,β-unsaturated/α-hetero) is 1. The van der Waals surface area contributed by atoms with Crippen molar-refractivity contribution in [3.05, 3.63) is 121 Å². The van der Waals surface area contributed by atoms with Gasteiger partial charge in [-0.1, -0.05) is 67.6 Å². The smallest absolute Gasteiger partial charge is 0.319 e. The van der Waals surface area contributed by atoms with Crippen molar-refractivity contribution in [1.29, 1.82) is 0 Å². The van der Waals surface area contributed by atoms with Gasteiger partial charge < -0.3 is 24.8 Å². The second-order valence-corrected chi connectivity index (χ2v) is 14.6. The molecule has 2 atom stereocenters. The number of pyridine rings is 2. The summed E-state index contributed by atoms with van der Waals surface area (Å²) in [5.74, 6) is 1.23. The molecule has 0 aliphatic heterocycles. The molecule has 2 amide bonds. The summed E-state index contributed by atoms with van der Waals surface area (Å²) in [5.41, 5.74) is 4.99. The molecule has 0 saturated heterocycles. The Morgan fingerprint density at radius 3 is 1.50 bits per heavy atom. The molecule has 0 aliphatic rings. The molecule has 4 N–H and O–H groups in total. The molecule has 336 valence electrons. The van der Waals surface area contributed by atoms with E-state index in [9.17, 15) is 19.2 Å². The van der Waals surface area contributed by atoms with Gasteiger partial charge in [0.2, 0.25) is 23.6 Å². The van der Waals surface area contributed by atoms with Crippen molar-refractivity contribution in [2.24, 2.45) is 14.1 Å². The molecule has 17 nitrogen and oxygen atoms in total. The van der Waals surface area contributed by atoms with Gasteiger partial charge in [0.15, 0.2) is 0 Å². The molecule has 0 unspecified atom stereocenters. The van der Waals surface area contributed by atoms with E-state index >= 15 is 0 Å². The number of esters is 1. The number of anilines is 2. The van der Waals surface area contributed by atoms with E-state index in [1.807, 2.05) is 79.7 Å². The van der Waals surface area contributed by atoms with Gasteiger partial charge in [0, 0.05) is 68.3 Å². The lowest BCUT2D eigenvalue weighted by molar-refractivity contribution is -0.142. The summed E-state index contributed by atoms with van der Waals surface area (Å²) in [7, 11) is 6.62. The molecule has 0 radical (unpaired) electrons. The maximum atomic E-state index is 13.1. The van der Waals surface area contributed by atoms with Gasteiger partial charge in [0.05, 0.1) is 57.4 Å². The van der Waals surface area contributed by atoms with Gasteiger partial charge in [-0.2, -0.15) is 10.2 Å². The predicted molar refractivity (Wildman–Crippen MR) is 244 cm³/mol. The van der Waals surface area contributed by atoms with Gasteiger partial charge in [-0.25, -0.2) is 9.97 Å². The first kappa shape index (κ1) is 47.8. The lowest BCUT2D eigenvalue weighted by Gasteiger charge is -2.18. The summed E-state index contributed by atoms with van der Waals surface area (Å²) in [6, 6.07) is 28.9. The maximum Gasteiger partial charge on any atom is 0.319 e. The Labute approximate surface area is 372 Å². The molecular formula is C47H56N10O7. The fourth-order valence-corrected chi connectivity index (χ4v) is 6.48. The first-order valence-electron chi connectivity index (χ1n) is 20.9. The van der Waals surface area contributed by atoms with E-state index in [4.69, 9.17) is 14.2 Å². The standard InChI is InChI=1S/C24H29N5O3.C23H27N5O4/c1-4-8-19(30)16-26-21(13-17-9-6-5-7-10-17)24(31)27-22-15-20(28-29(22)2)18-11-12-25-23(14-18)32-3;1-4-32-22(29)15-25-19(12-16-8-6-5-7-9-16)23(30)26-20-14-18(27-28(20)2)17-10-11-24-21(13-17)31-3/h5-7,9-12,14-15,21,26H,4,8,13,16H2,1-3H3,(H,27,31);5-11,13-14,19,25H,4,12,15H2,1-3H3,(H,26,30)/t21-;19-/m00/s1. The number of ether oxygens (including phenoxy) is 3. The molecule has 0 aliphatic carbocycles. The lowest BCUT2D eigenvalue weighted by Crippen LogP contribution is -2.44. The number of aromatic nitrogens is 6. The number of methoxy groups -OCH3 is 2. The Bertz CT molecular complexity index is 2270. The van der Waals surface area contributed by atoms with Crippen LogP contribution in [0.2, 0.25) is 0 Å². The number of carbonyl (C=O) groups excluding carboxylic acids is 4. The molecule has 2 aromatic carbocycles. The van der Waals surface area contributed by atoms with Gasteiger partial charge in [0.1, 0.15) is 17.4 Å². The van der Waals surface area contributed by atoms with Crippen molar-refractivity contribution < 1.29 is 33.4 Å². The molecule has 4 heterocycles. The number of rotatable bonds is 21. The number of nitrogens with one attached hydrogen (secondary N) is 4. The van der Waals surface area contributed by atoms with E-state index in [1.54, 1.807) is 81.3 Å². The second-order valence-electron chi connectivity index (χ2n) is 14.6. The molecule has 4 aromatic heterocycles. The predicted octanol–water partition coefficient (Wildman–Crippen LogP) is 5.19. The Balaban J connectivity index is 0.000000241. The van der Waals surface area contributed by atoms with Crippen LogP contribution in [-0.2, 0) is 50.9 Å². The van der Waals surface area contributed by atoms with E-state index in [-0.39, 0.29) is 37.3 Å². The van der Waals surface area contributed by atoms with E-state index in [0.29, 0.717) is 54.0 Å². The van der Waals surface area contributed by atoms with Gasteiger partial charge in [-0.15, -0.1) is 0 Å². The van der Waals surface area contributed by atoms with Gasteiger partial charge in [-0.3, -0.25) is 39.2 Å². The Hall–Kier alpha value is -7.24. The first-order chi connectivity index (χ1) is 31.0. The van der Waals surface area contributed by atoms with Crippen molar-refractivity contribution in [2.75, 3.05) is 44.5 Å². The van der Waals surface area contributed by atoms with Crippen LogP contribution in [0.3, 0.4) is 0 Å². The zero-order chi connectivity index (χ0) is 45.8. The largest absolute Gasteiger partial charge is 0.481 e. The van der Waals surface area contributed by atoms with Crippen molar-refractivity contribution in [3.8, 4) is 34.3 Å². The van der Waals surface area contributed by atoms with E-state index in [2.05, 4.69) is 41.4 Å². The molecule has 0 spiro atoms. The van der Waals surface area contributed by atoms with Crippen LogP contribution < -0.4 is 30.7 Å². The Morgan fingerprint density at radius 1 is 0.625 bits per heavy atom. The minimum absolute atomic E-state index is 0.0633. The quantitative estimate of drug-likeness (QED) is 0.0689. The molecule has 0 fully saturated rings. The summed E-state index contributed by atoms with van der Waals surface area (Å²) in [6.45, 7) is 4.08. The number of benzene rings is 2. The highest BCUT2D eigenvalue weighted by Crippen LogP contribution is 2.25. The number of ketones is 1. The van der Waals surface area contributed by atoms with Crippen LogP contribution in [0.15, 0.2) is 109 Å². The highest BCUT2D eigenvalue weighted by atomic mass is 16.5. The monoisotopic (exact) mass is 872 g/mol. The fraction of sp³-hybridized carbons (Fsp3) is 0.319. The summed E-state index contributed by atoms with van der Waals surface area (Å²) in [5, 5.41) is 21.0. The van der Waals surface area contributed by atoms with Crippen LogP contribution in [0, 0.1) is 0 Å². The zero-order valence-electron chi connectivity index (χ0n) is 37.0. The minimum atomic E-state index is -0.638. The Morgan fingerprint density at radius 2 is 1.08 bits per heavy atom. The maximum absolute atomic E-state index is 13.1. The average Bonchev–Trinajstić information content (AvgIpc) is 3.87. The molecule has 17 heteroatoms. The van der Waals surface area contributed by atoms with Crippen molar-refractivity contribution in [3.63, 3.8) is 0 Å². The number of nitrogens with zero attached hydrogens (tertiary/aromatic N) is 6. The summed E-state index contributed by atoms with van der Waals surface area (Å²) < 4.78 is 18.5. The van der Waals surface area contributed by atoms with Gasteiger partial charge >= 0.3 is 5.97 Å². The summed E-state index contributed by atoms with van der Waals surface area (Å²) in [4.78, 5) is 58.3. The molecule has 0 saturated carbocycles. The summed E-state index contributed by atoms with van der Waals surface area (Å²) in [6.07, 6.45) is 5.45. The van der Waals surface area contributed by atoms with E-state index < -0.39 is 18.1 Å². The normalized spacial score (nSPS) is 11.7. The zero-order valence-corrected chi connectivity index (χ0v) is 37.0. The van der Waals surface area contributed by atoms with Crippen LogP contribution in [-0.4, -0.2) is 99.1 Å². The Kier molecular flexibility index (Phi) is 18.2. The number of hydrogen-bond acceptors (Lipinski definition) is 13. The minimum Gasteiger partial charge on any atom is -0.481 e. The molecule has 64 heavy (non-hydrogen) atoms. The van der Waals surface area contributed by atoms with Crippen LogP contribution in [0.1, 0.15) is 37.8 Å². The van der Waals surface area contributed by atoms with Crippen molar-refractivity contribution >= 4 is 35.2 Å². The van der Waals surface area contributed by atoms with Crippen molar-refractivity contribution in [2.45, 2.75) is 51.6 Å². The van der Waals surface area contributed by atoms with Crippen LogP contribution >= 0.6 is 0 Å². The van der Waals surface area contributed by atoms with Gasteiger partial charge in [0.25, 0.3) is 0 Å². The SMILES string of the molecule is CCCC(=O)CN[C@@H](Cc1ccccc1)C(=O)Nc1cc(-c2ccnc(OC)c2)nn1C.CCOC(=O)CN[C@@H](Cc1ccccc1)C(=O)Nc1cc(-c2ccnc(OC)c2)nn1C. The first-order valence-corrected chi connectivity index (χ1v) is 20.9. The molecular weight excluding hydrogens is 817 g/mol. The third-order valence-electron chi connectivity index (χ3n) is 9.81. The van der Waals surface area contributed by atoms with E-state index in [0.717, 1.165) is 28.7 Å². The topological polar surface area (TPSA) is 206 Å². The van der Waals surface area contributed by atoms with Crippen LogP contribution in [0.5, 0.6) is 11.8 Å². The highest BCUT2D eigenvalue weighted by molar-refractivity contribution is 5.96. The average molecular weight is 873 g/mol. The van der Waals surface area contributed by atoms with Gasteiger partial charge in [-0.05, 0) is 49.4 Å². The van der Waals surface area contributed by atoms with E-state index in [1.165, 1.54) is 0 Å². The number of carbonyl (C=O) groups is 4. The number of amides is 2. The number of aryl methyl sites for hydroxylation is 2. The fourth-order valence-electron chi connectivity index (χ4n) is 6.48. The van der Waals surface area contributed by atoms with Crippen LogP contribution in [0.4, 0.5) is 11.6 Å². The lowest BCUT2D eigenvalue weighted by atomic mass is 10.0. The summed E-state index contributed by atoms with van der Waals surface area (Å²) >= 11 is 0. The number of hydrogen-bond donors (Lipinski definition) is 4. The molecule has 6 rings (SSSR count).